The van der Waals surface area contributed by atoms with Crippen LogP contribution in [0.3, 0.4) is 0 Å². The molecule has 2 aromatic rings. The number of aliphatic carboxylic acids is 1. The van der Waals surface area contributed by atoms with Crippen LogP contribution in [0, 0.1) is 5.82 Å². The Balaban J connectivity index is 1.73. The molecule has 1 aliphatic carbocycles. The highest BCUT2D eigenvalue weighted by Gasteiger charge is 2.40. The van der Waals surface area contributed by atoms with Gasteiger partial charge < -0.3 is 10.4 Å². The minimum atomic E-state index is -0.944. The van der Waals surface area contributed by atoms with Gasteiger partial charge in [0.2, 0.25) is 0 Å². The maximum atomic E-state index is 12.9. The molecule has 3 rings (SSSR count). The van der Waals surface area contributed by atoms with Gasteiger partial charge in [-0.25, -0.2) is 4.39 Å². The number of carboxylic acid groups (broad SMARTS) is 1. The van der Waals surface area contributed by atoms with Gasteiger partial charge in [0.15, 0.2) is 5.69 Å². The van der Waals surface area contributed by atoms with Crippen LogP contribution < -0.4 is 5.32 Å². The van der Waals surface area contributed by atoms with E-state index in [1.165, 1.54) is 35.3 Å². The number of carbonyl (C=O) groups is 2. The van der Waals surface area contributed by atoms with Crippen LogP contribution in [0.2, 0.25) is 0 Å². The molecule has 0 bridgehead atoms. The van der Waals surface area contributed by atoms with E-state index in [2.05, 4.69) is 15.5 Å². The lowest BCUT2D eigenvalue weighted by Gasteiger charge is -2.41. The molecule has 23 heavy (non-hydrogen) atoms. The first kappa shape index (κ1) is 15.1. The summed E-state index contributed by atoms with van der Waals surface area (Å²) in [5, 5.41) is 19.7. The first-order valence-corrected chi connectivity index (χ1v) is 7.20. The lowest BCUT2D eigenvalue weighted by Crippen LogP contribution is -2.54. The largest absolute Gasteiger partial charge is 0.481 e. The highest BCUT2D eigenvalue weighted by molar-refractivity contribution is 5.92. The van der Waals surface area contributed by atoms with E-state index < -0.39 is 17.4 Å². The zero-order valence-corrected chi connectivity index (χ0v) is 12.2. The lowest BCUT2D eigenvalue weighted by atomic mass is 9.74. The molecular weight excluding hydrogens is 303 g/mol. The summed E-state index contributed by atoms with van der Waals surface area (Å²) in [7, 11) is 0. The summed E-state index contributed by atoms with van der Waals surface area (Å²) < 4.78 is 12.9. The molecule has 0 spiro atoms. The van der Waals surface area contributed by atoms with Gasteiger partial charge in [-0.05, 0) is 43.5 Å². The van der Waals surface area contributed by atoms with E-state index >= 15 is 0 Å². The van der Waals surface area contributed by atoms with E-state index in [-0.39, 0.29) is 17.9 Å². The van der Waals surface area contributed by atoms with E-state index in [0.717, 1.165) is 6.42 Å². The van der Waals surface area contributed by atoms with Crippen LogP contribution in [0.25, 0.3) is 5.69 Å². The number of carbonyl (C=O) groups excluding carboxylic acids is 1. The van der Waals surface area contributed by atoms with Crippen molar-refractivity contribution in [2.45, 2.75) is 31.2 Å². The fourth-order valence-electron chi connectivity index (χ4n) is 2.61. The summed E-state index contributed by atoms with van der Waals surface area (Å²) in [4.78, 5) is 24.4. The molecule has 8 heteroatoms. The molecular formula is C15H15FN4O3. The fraction of sp³-hybridized carbons (Fsp3) is 0.333. The van der Waals surface area contributed by atoms with Crippen LogP contribution in [-0.4, -0.2) is 37.5 Å². The fourth-order valence-corrected chi connectivity index (χ4v) is 2.61. The molecule has 0 radical (unpaired) electrons. The standard InChI is InChI=1S/C15H15FN4O3/c16-10-2-4-11(5-3-10)20-17-9-12(19-20)14(23)18-15(6-1-7-15)8-13(21)22/h2-5,9H,1,6-8H2,(H,18,23)(H,21,22). The summed E-state index contributed by atoms with van der Waals surface area (Å²) in [5.41, 5.74) is -0.0805. The maximum Gasteiger partial charge on any atom is 0.305 e. The average Bonchev–Trinajstić information content (AvgIpc) is 2.95. The lowest BCUT2D eigenvalue weighted by molar-refractivity contribution is -0.139. The zero-order valence-electron chi connectivity index (χ0n) is 12.2. The second-order valence-corrected chi connectivity index (χ2v) is 5.65. The Bertz CT molecular complexity index is 737. The highest BCUT2D eigenvalue weighted by atomic mass is 19.1. The molecule has 0 aliphatic heterocycles. The minimum Gasteiger partial charge on any atom is -0.481 e. The van der Waals surface area contributed by atoms with Crippen molar-refractivity contribution in [1.82, 2.24) is 20.3 Å². The minimum absolute atomic E-state index is 0.0889. The van der Waals surface area contributed by atoms with E-state index in [4.69, 9.17) is 5.11 Å². The third-order valence-corrected chi connectivity index (χ3v) is 3.96. The molecule has 0 saturated heterocycles. The van der Waals surface area contributed by atoms with Crippen LogP contribution in [0.5, 0.6) is 0 Å². The predicted molar refractivity (Wildman–Crippen MR) is 77.6 cm³/mol. The van der Waals surface area contributed by atoms with Gasteiger partial charge in [0.1, 0.15) is 5.82 Å². The number of hydrogen-bond donors (Lipinski definition) is 2. The van der Waals surface area contributed by atoms with Crippen molar-refractivity contribution in [2.75, 3.05) is 0 Å². The zero-order chi connectivity index (χ0) is 16.4. The van der Waals surface area contributed by atoms with E-state index in [1.54, 1.807) is 0 Å². The molecule has 1 amide bonds. The monoisotopic (exact) mass is 318 g/mol. The first-order valence-electron chi connectivity index (χ1n) is 7.20. The van der Waals surface area contributed by atoms with E-state index in [9.17, 15) is 14.0 Å². The Morgan fingerprint density at radius 1 is 1.30 bits per heavy atom. The van der Waals surface area contributed by atoms with Gasteiger partial charge in [0.25, 0.3) is 5.91 Å². The molecule has 0 atom stereocenters. The molecule has 2 N–H and O–H groups in total. The molecule has 1 aliphatic rings. The molecule has 7 nitrogen and oxygen atoms in total. The van der Waals surface area contributed by atoms with Crippen LogP contribution >= 0.6 is 0 Å². The Hall–Kier alpha value is -2.77. The van der Waals surface area contributed by atoms with Crippen LogP contribution in [0.1, 0.15) is 36.2 Å². The smallest absolute Gasteiger partial charge is 0.305 e. The number of aromatic nitrogens is 3. The van der Waals surface area contributed by atoms with Crippen molar-refractivity contribution in [2.24, 2.45) is 0 Å². The van der Waals surface area contributed by atoms with Crippen molar-refractivity contribution < 1.29 is 19.1 Å². The van der Waals surface area contributed by atoms with Gasteiger partial charge in [-0.3, -0.25) is 9.59 Å². The van der Waals surface area contributed by atoms with Gasteiger partial charge in [0.05, 0.1) is 23.8 Å². The van der Waals surface area contributed by atoms with E-state index in [1.807, 2.05) is 0 Å². The molecule has 1 aromatic carbocycles. The Kier molecular flexibility index (Phi) is 3.81. The molecule has 1 saturated carbocycles. The summed E-state index contributed by atoms with van der Waals surface area (Å²) in [6.45, 7) is 0. The summed E-state index contributed by atoms with van der Waals surface area (Å²) in [6, 6.07) is 5.53. The number of rotatable bonds is 5. The molecule has 1 fully saturated rings. The molecule has 0 unspecified atom stereocenters. The number of benzene rings is 1. The maximum absolute atomic E-state index is 12.9. The van der Waals surface area contributed by atoms with Crippen LogP contribution in [0.15, 0.2) is 30.5 Å². The molecule has 120 valence electrons. The Labute approximate surface area is 131 Å². The third kappa shape index (κ3) is 3.20. The number of carboxylic acids is 1. The number of amides is 1. The van der Waals surface area contributed by atoms with Crippen molar-refractivity contribution in [3.05, 3.63) is 42.0 Å². The van der Waals surface area contributed by atoms with Crippen LogP contribution in [-0.2, 0) is 4.79 Å². The van der Waals surface area contributed by atoms with Gasteiger partial charge in [0, 0.05) is 0 Å². The quantitative estimate of drug-likeness (QED) is 0.871. The third-order valence-electron chi connectivity index (χ3n) is 3.96. The SMILES string of the molecule is O=C(O)CC1(NC(=O)c2cnn(-c3ccc(F)cc3)n2)CCC1. The number of nitrogens with one attached hydrogen (secondary N) is 1. The Morgan fingerprint density at radius 2 is 2.00 bits per heavy atom. The first-order chi connectivity index (χ1) is 11.0. The van der Waals surface area contributed by atoms with Crippen molar-refractivity contribution in [3.8, 4) is 5.69 Å². The summed E-state index contributed by atoms with van der Waals surface area (Å²) in [5.74, 6) is -1.78. The molecule has 1 heterocycles. The van der Waals surface area contributed by atoms with Crippen LogP contribution in [0.4, 0.5) is 4.39 Å². The topological polar surface area (TPSA) is 97.1 Å². The molecule has 1 aromatic heterocycles. The van der Waals surface area contributed by atoms with Gasteiger partial charge in [-0.15, -0.1) is 5.10 Å². The van der Waals surface area contributed by atoms with Crippen molar-refractivity contribution in [3.63, 3.8) is 0 Å². The van der Waals surface area contributed by atoms with Gasteiger partial charge in [-0.2, -0.15) is 9.90 Å². The summed E-state index contributed by atoms with van der Waals surface area (Å²) in [6.07, 6.45) is 3.35. The van der Waals surface area contributed by atoms with E-state index in [0.29, 0.717) is 18.5 Å². The van der Waals surface area contributed by atoms with Crippen molar-refractivity contribution >= 4 is 11.9 Å². The Morgan fingerprint density at radius 3 is 2.57 bits per heavy atom. The second kappa shape index (κ2) is 5.79. The average molecular weight is 318 g/mol. The predicted octanol–water partition coefficient (Wildman–Crippen LogP) is 1.53. The van der Waals surface area contributed by atoms with Crippen molar-refractivity contribution in [1.29, 1.82) is 0 Å². The number of halogens is 1. The van der Waals surface area contributed by atoms with Gasteiger partial charge >= 0.3 is 5.97 Å². The van der Waals surface area contributed by atoms with Gasteiger partial charge in [-0.1, -0.05) is 0 Å². The highest BCUT2D eigenvalue weighted by Crippen LogP contribution is 2.35. The summed E-state index contributed by atoms with van der Waals surface area (Å²) >= 11 is 0. The normalized spacial score (nSPS) is 15.7. The number of nitrogens with zero attached hydrogens (tertiary/aromatic N) is 3. The number of hydrogen-bond acceptors (Lipinski definition) is 4. The second-order valence-electron chi connectivity index (χ2n) is 5.65.